The second-order valence-corrected chi connectivity index (χ2v) is 36.1. The van der Waals surface area contributed by atoms with Gasteiger partial charge in [-0.3, -0.25) is 0 Å². The molecule has 0 saturated heterocycles. The van der Waals surface area contributed by atoms with Crippen LogP contribution in [-0.4, -0.2) is 74.2 Å². The summed E-state index contributed by atoms with van der Waals surface area (Å²) in [6.07, 6.45) is 15.8. The molecule has 0 spiro atoms. The third kappa shape index (κ3) is 10.0. The Morgan fingerprint density at radius 2 is 0.730 bits per heavy atom. The van der Waals surface area contributed by atoms with Gasteiger partial charge in [-0.15, -0.1) is 0 Å². The Hall–Kier alpha value is -0.263. The van der Waals surface area contributed by atoms with Gasteiger partial charge < -0.3 is 0 Å². The summed E-state index contributed by atoms with van der Waals surface area (Å²) in [4.78, 5) is 0. The molecule has 0 aliphatic carbocycles. The molecule has 0 unspecified atom stereocenters. The van der Waals surface area contributed by atoms with E-state index >= 15 is 0 Å². The van der Waals surface area contributed by atoms with Crippen LogP contribution in [0.2, 0.25) is 26.6 Å². The molecule has 0 N–H and O–H groups in total. The van der Waals surface area contributed by atoms with Crippen molar-refractivity contribution in [3.63, 3.8) is 0 Å². The van der Waals surface area contributed by atoms with Gasteiger partial charge in [0, 0.05) is 0 Å². The average molecular weight is 730 g/mol. The molecule has 0 fully saturated rings. The Kier molecular flexibility index (Phi) is 16.2. The summed E-state index contributed by atoms with van der Waals surface area (Å²) < 4.78 is 12.4. The van der Waals surface area contributed by atoms with Crippen molar-refractivity contribution in [3.05, 3.63) is 11.6 Å². The van der Waals surface area contributed by atoms with Gasteiger partial charge in [0.25, 0.3) is 0 Å². The fourth-order valence-corrected chi connectivity index (χ4v) is 33.8. The number of tetrazole rings is 2. The molecular weight excluding hydrogens is 674 g/mol. The van der Waals surface area contributed by atoms with Gasteiger partial charge in [0.15, 0.2) is 0 Å². The van der Waals surface area contributed by atoms with E-state index in [9.17, 15) is 0 Å². The average Bonchev–Trinajstić information content (AvgIpc) is 3.59. The molecule has 2 rings (SSSR count). The normalized spacial score (nSPS) is 12.5. The minimum atomic E-state index is -2.74. The first kappa shape index (κ1) is 32.9. The standard InChI is InChI=1S/6C4H9.C3H2N8.2Sn/c6*1-3-4-2;1(2-4-8-9-5-2)3-6-10-11-7-3;;/h6*1,3-4H2,2H3;1H2;;/q;;;;;;-2;2*+1. The second kappa shape index (κ2) is 18.2. The van der Waals surface area contributed by atoms with Crippen molar-refractivity contribution in [1.29, 1.82) is 0 Å². The van der Waals surface area contributed by atoms with Crippen LogP contribution in [0.25, 0.3) is 0 Å². The molecule has 2 aromatic rings. The summed E-state index contributed by atoms with van der Waals surface area (Å²) >= 11 is -5.48. The molecule has 0 aliphatic rings. The van der Waals surface area contributed by atoms with Crippen molar-refractivity contribution in [2.24, 2.45) is 0 Å². The van der Waals surface area contributed by atoms with E-state index in [-0.39, 0.29) is 0 Å². The van der Waals surface area contributed by atoms with Crippen LogP contribution in [-0.2, 0) is 6.42 Å². The molecule has 0 amide bonds. The van der Waals surface area contributed by atoms with E-state index < -0.39 is 37.3 Å². The first-order chi connectivity index (χ1) is 18.0. The Balaban J connectivity index is 2.29. The topological polar surface area (TPSA) is 87.2 Å². The number of unbranched alkanes of at least 4 members (excludes halogenated alkanes) is 6. The molecule has 0 atom stereocenters. The van der Waals surface area contributed by atoms with E-state index in [2.05, 4.69) is 57.8 Å². The van der Waals surface area contributed by atoms with Crippen molar-refractivity contribution in [2.75, 3.05) is 0 Å². The molecular formula is C27H56N8Sn2. The Morgan fingerprint density at radius 3 is 0.973 bits per heavy atom. The van der Waals surface area contributed by atoms with E-state index in [1.54, 1.807) is 0 Å². The van der Waals surface area contributed by atoms with Crippen molar-refractivity contribution in [1.82, 2.24) is 36.9 Å². The monoisotopic (exact) mass is 732 g/mol. The third-order valence-corrected chi connectivity index (χ3v) is 36.0. The van der Waals surface area contributed by atoms with Crippen LogP contribution in [0, 0.1) is 0 Å². The van der Waals surface area contributed by atoms with Crippen LogP contribution in [0.5, 0.6) is 0 Å². The summed E-state index contributed by atoms with van der Waals surface area (Å²) in [5, 5.41) is 28.6. The van der Waals surface area contributed by atoms with Crippen molar-refractivity contribution < 1.29 is 0 Å². The predicted octanol–water partition coefficient (Wildman–Crippen LogP) is 7.64. The molecule has 8 nitrogen and oxygen atoms in total. The van der Waals surface area contributed by atoms with E-state index in [0.29, 0.717) is 6.42 Å². The zero-order valence-corrected chi connectivity index (χ0v) is 30.7. The van der Waals surface area contributed by atoms with E-state index in [1.807, 2.05) is 0 Å². The van der Waals surface area contributed by atoms with Gasteiger partial charge >= 0.3 is 237 Å². The maximum atomic E-state index is 5.04. The van der Waals surface area contributed by atoms with Gasteiger partial charge in [-0.2, -0.15) is 0 Å². The molecule has 0 aliphatic heterocycles. The zero-order chi connectivity index (χ0) is 27.0. The molecule has 2 heterocycles. The molecule has 2 aromatic heterocycles. The molecule has 212 valence electrons. The maximum absolute atomic E-state index is 5.04. The first-order valence-electron chi connectivity index (χ1n) is 15.6. The Labute approximate surface area is 236 Å². The summed E-state index contributed by atoms with van der Waals surface area (Å²) in [6, 6.07) is 0. The van der Waals surface area contributed by atoms with Crippen LogP contribution in [0.1, 0.15) is 130 Å². The predicted molar refractivity (Wildman–Crippen MR) is 159 cm³/mol. The van der Waals surface area contributed by atoms with Crippen LogP contribution < -0.4 is 0 Å². The van der Waals surface area contributed by atoms with Crippen molar-refractivity contribution in [3.8, 4) is 0 Å². The fourth-order valence-electron chi connectivity index (χ4n) is 5.56. The zero-order valence-electron chi connectivity index (χ0n) is 25.0. The summed E-state index contributed by atoms with van der Waals surface area (Å²) in [5.74, 6) is 1.56. The molecule has 0 saturated carbocycles. The number of rotatable bonds is 22. The number of aromatic nitrogens is 8. The number of hydrogen-bond acceptors (Lipinski definition) is 6. The summed E-state index contributed by atoms with van der Waals surface area (Å²) in [7, 11) is 0. The first-order valence-corrected chi connectivity index (χ1v) is 30.3. The van der Waals surface area contributed by atoms with Crippen molar-refractivity contribution in [2.45, 2.75) is 152 Å². The van der Waals surface area contributed by atoms with Gasteiger partial charge in [0.2, 0.25) is 0 Å². The molecule has 0 aromatic carbocycles. The van der Waals surface area contributed by atoms with Gasteiger partial charge in [-0.05, 0) is 0 Å². The Bertz CT molecular complexity index is 741. The summed E-state index contributed by atoms with van der Waals surface area (Å²) in [6.45, 7) is 13.8. The second-order valence-electron chi connectivity index (χ2n) is 11.2. The Morgan fingerprint density at radius 1 is 0.459 bits per heavy atom. The number of nitrogens with zero attached hydrogens (tertiary/aromatic N) is 8. The van der Waals surface area contributed by atoms with Gasteiger partial charge in [0.05, 0.1) is 0 Å². The fraction of sp³-hybridized carbons (Fsp3) is 0.926. The quantitative estimate of drug-likeness (QED) is 0.116. The van der Waals surface area contributed by atoms with Crippen LogP contribution in [0.3, 0.4) is 0 Å². The van der Waals surface area contributed by atoms with E-state index in [1.165, 1.54) is 104 Å². The van der Waals surface area contributed by atoms with Crippen LogP contribution in [0.4, 0.5) is 0 Å². The van der Waals surface area contributed by atoms with E-state index in [0.717, 1.165) is 11.6 Å². The minimum absolute atomic E-state index is 0.550. The third-order valence-electron chi connectivity index (χ3n) is 8.05. The van der Waals surface area contributed by atoms with E-state index in [4.69, 9.17) is 20.6 Å². The van der Waals surface area contributed by atoms with Crippen molar-refractivity contribution >= 4 is 37.3 Å². The molecule has 10 heteroatoms. The van der Waals surface area contributed by atoms with Crippen LogP contribution in [0.15, 0.2) is 0 Å². The van der Waals surface area contributed by atoms with Gasteiger partial charge in [-0.1, -0.05) is 0 Å². The van der Waals surface area contributed by atoms with Crippen LogP contribution >= 0.6 is 0 Å². The van der Waals surface area contributed by atoms with Gasteiger partial charge in [-0.25, -0.2) is 0 Å². The molecule has 0 bridgehead atoms. The molecule has 37 heavy (non-hydrogen) atoms. The number of hydrogen-bond donors (Lipinski definition) is 0. The SMILES string of the molecule is CCC[CH2][Sn]([CH2]CCC)([CH2]CCC)[n]1nnc(Cc2nn[n]([Sn]([CH2]CCC)([CH2]CCC)[CH2]CCC)n2)n1. The molecule has 0 radical (unpaired) electrons. The van der Waals surface area contributed by atoms with Gasteiger partial charge in [0.1, 0.15) is 0 Å². The summed E-state index contributed by atoms with van der Waals surface area (Å²) in [5.41, 5.74) is 0.